The molecule has 0 radical (unpaired) electrons. The molecule has 0 spiro atoms. The van der Waals surface area contributed by atoms with E-state index >= 15 is 0 Å². The first-order valence-electron chi connectivity index (χ1n) is 5.62. The third-order valence-electron chi connectivity index (χ3n) is 2.92. The highest BCUT2D eigenvalue weighted by atomic mass is 14.2. The summed E-state index contributed by atoms with van der Waals surface area (Å²) in [6.45, 7) is 6.78. The highest BCUT2D eigenvalue weighted by Gasteiger charge is 2.13. The summed E-state index contributed by atoms with van der Waals surface area (Å²) in [4.78, 5) is 0. The van der Waals surface area contributed by atoms with Gasteiger partial charge in [-0.05, 0) is 49.7 Å². The van der Waals surface area contributed by atoms with Crippen molar-refractivity contribution in [2.75, 3.05) is 0 Å². The highest BCUT2D eigenvalue weighted by Crippen LogP contribution is 2.31. The molecular formula is C13H22. The molecule has 0 heteroatoms. The van der Waals surface area contributed by atoms with E-state index in [2.05, 4.69) is 32.9 Å². The fourth-order valence-electron chi connectivity index (χ4n) is 2.19. The van der Waals surface area contributed by atoms with Crippen molar-refractivity contribution in [3.8, 4) is 0 Å². The van der Waals surface area contributed by atoms with Crippen molar-refractivity contribution in [3.05, 3.63) is 23.3 Å². The molecule has 1 unspecified atom stereocenters. The molecule has 1 saturated carbocycles. The lowest BCUT2D eigenvalue weighted by Crippen LogP contribution is -1.93. The number of hydrogen-bond donors (Lipinski definition) is 0. The third kappa shape index (κ3) is 3.02. The minimum Gasteiger partial charge on any atom is -0.0842 e. The van der Waals surface area contributed by atoms with Crippen LogP contribution in [0.15, 0.2) is 23.3 Å². The monoisotopic (exact) mass is 178 g/mol. The van der Waals surface area contributed by atoms with E-state index in [-0.39, 0.29) is 0 Å². The lowest BCUT2D eigenvalue weighted by atomic mass is 9.96. The Hall–Kier alpha value is -0.520. The standard InChI is InChI=1S/C13H22/c1-4-7-13-9-6-8-11(3)10-12(13)5-2/h5,7,11H,4,6,8-10H2,1-3H3/b12-5-,13-7-. The van der Waals surface area contributed by atoms with Gasteiger partial charge in [-0.25, -0.2) is 0 Å². The maximum Gasteiger partial charge on any atom is -0.0254 e. The molecule has 0 N–H and O–H groups in total. The molecule has 1 aliphatic rings. The Balaban J connectivity index is 2.77. The molecule has 1 rings (SSSR count). The molecule has 0 aromatic carbocycles. The van der Waals surface area contributed by atoms with Crippen LogP contribution in [0.5, 0.6) is 0 Å². The summed E-state index contributed by atoms with van der Waals surface area (Å²) in [7, 11) is 0. The van der Waals surface area contributed by atoms with Crippen LogP contribution in [0.3, 0.4) is 0 Å². The Labute approximate surface area is 82.7 Å². The first kappa shape index (κ1) is 10.6. The Morgan fingerprint density at radius 2 is 2.15 bits per heavy atom. The topological polar surface area (TPSA) is 0 Å². The molecular weight excluding hydrogens is 156 g/mol. The van der Waals surface area contributed by atoms with E-state index in [1.165, 1.54) is 32.1 Å². The van der Waals surface area contributed by atoms with Crippen molar-refractivity contribution in [2.45, 2.75) is 52.9 Å². The summed E-state index contributed by atoms with van der Waals surface area (Å²) in [6.07, 6.45) is 11.3. The largest absolute Gasteiger partial charge is 0.0842 e. The van der Waals surface area contributed by atoms with Crippen LogP contribution in [0.25, 0.3) is 0 Å². The van der Waals surface area contributed by atoms with Crippen molar-refractivity contribution in [1.82, 2.24) is 0 Å². The predicted octanol–water partition coefficient (Wildman–Crippen LogP) is 4.48. The second-order valence-electron chi connectivity index (χ2n) is 4.15. The first-order valence-corrected chi connectivity index (χ1v) is 5.62. The molecule has 1 atom stereocenters. The number of allylic oxidation sites excluding steroid dienone is 4. The first-order chi connectivity index (χ1) is 6.27. The summed E-state index contributed by atoms with van der Waals surface area (Å²) in [5.74, 6) is 0.883. The van der Waals surface area contributed by atoms with Gasteiger partial charge in [-0.2, -0.15) is 0 Å². The minimum atomic E-state index is 0.883. The van der Waals surface area contributed by atoms with E-state index < -0.39 is 0 Å². The molecule has 0 aromatic rings. The summed E-state index contributed by atoms with van der Waals surface area (Å²) in [6, 6.07) is 0. The molecule has 1 fully saturated rings. The normalized spacial score (nSPS) is 30.8. The third-order valence-corrected chi connectivity index (χ3v) is 2.92. The lowest BCUT2D eigenvalue weighted by molar-refractivity contribution is 0.531. The van der Waals surface area contributed by atoms with Gasteiger partial charge < -0.3 is 0 Å². The molecule has 0 nitrogen and oxygen atoms in total. The summed E-state index contributed by atoms with van der Waals surface area (Å²) in [5, 5.41) is 0. The average Bonchev–Trinajstić information content (AvgIpc) is 2.29. The van der Waals surface area contributed by atoms with E-state index in [1.807, 2.05) is 0 Å². The zero-order valence-corrected chi connectivity index (χ0v) is 9.27. The zero-order chi connectivity index (χ0) is 9.68. The maximum atomic E-state index is 2.41. The Kier molecular flexibility index (Phi) is 4.27. The SMILES string of the molecule is C/C=C1/CC(C)CCC/C1=C/CC. The van der Waals surface area contributed by atoms with Crippen molar-refractivity contribution in [3.63, 3.8) is 0 Å². The van der Waals surface area contributed by atoms with Gasteiger partial charge >= 0.3 is 0 Å². The van der Waals surface area contributed by atoms with Gasteiger partial charge in [0, 0.05) is 0 Å². The smallest absolute Gasteiger partial charge is 0.0254 e. The quantitative estimate of drug-likeness (QED) is 0.519. The fraction of sp³-hybridized carbons (Fsp3) is 0.692. The molecule has 0 saturated heterocycles. The van der Waals surface area contributed by atoms with Crippen molar-refractivity contribution < 1.29 is 0 Å². The van der Waals surface area contributed by atoms with E-state index in [4.69, 9.17) is 0 Å². The van der Waals surface area contributed by atoms with Crippen LogP contribution in [0.2, 0.25) is 0 Å². The number of rotatable bonds is 1. The van der Waals surface area contributed by atoms with Gasteiger partial charge in [-0.1, -0.05) is 32.4 Å². The molecule has 13 heavy (non-hydrogen) atoms. The fourth-order valence-corrected chi connectivity index (χ4v) is 2.19. The Morgan fingerprint density at radius 1 is 1.38 bits per heavy atom. The maximum absolute atomic E-state index is 2.41. The average molecular weight is 178 g/mol. The molecule has 74 valence electrons. The van der Waals surface area contributed by atoms with Crippen LogP contribution in [0.1, 0.15) is 52.9 Å². The van der Waals surface area contributed by atoms with Gasteiger partial charge in [-0.3, -0.25) is 0 Å². The lowest BCUT2D eigenvalue weighted by Gasteiger charge is -2.09. The molecule has 0 aromatic heterocycles. The van der Waals surface area contributed by atoms with Crippen LogP contribution in [0.4, 0.5) is 0 Å². The Bertz CT molecular complexity index is 208. The van der Waals surface area contributed by atoms with Crippen molar-refractivity contribution in [1.29, 1.82) is 0 Å². The predicted molar refractivity (Wildman–Crippen MR) is 59.8 cm³/mol. The molecule has 0 heterocycles. The van der Waals surface area contributed by atoms with E-state index in [1.54, 1.807) is 11.1 Å². The second kappa shape index (κ2) is 5.26. The molecule has 0 amide bonds. The van der Waals surface area contributed by atoms with Gasteiger partial charge in [0.05, 0.1) is 0 Å². The number of hydrogen-bond acceptors (Lipinski definition) is 0. The zero-order valence-electron chi connectivity index (χ0n) is 9.27. The van der Waals surface area contributed by atoms with Gasteiger partial charge in [-0.15, -0.1) is 0 Å². The second-order valence-corrected chi connectivity index (χ2v) is 4.15. The van der Waals surface area contributed by atoms with E-state index in [9.17, 15) is 0 Å². The highest BCUT2D eigenvalue weighted by molar-refractivity contribution is 5.31. The summed E-state index contributed by atoms with van der Waals surface area (Å²) < 4.78 is 0. The van der Waals surface area contributed by atoms with Crippen LogP contribution in [0, 0.1) is 5.92 Å². The molecule has 0 bridgehead atoms. The summed E-state index contributed by atoms with van der Waals surface area (Å²) in [5.41, 5.74) is 3.22. The van der Waals surface area contributed by atoms with E-state index in [0.29, 0.717) is 0 Å². The Morgan fingerprint density at radius 3 is 2.77 bits per heavy atom. The van der Waals surface area contributed by atoms with Crippen molar-refractivity contribution in [2.24, 2.45) is 5.92 Å². The molecule has 0 aliphatic heterocycles. The van der Waals surface area contributed by atoms with Gasteiger partial charge in [0.25, 0.3) is 0 Å². The van der Waals surface area contributed by atoms with Crippen LogP contribution >= 0.6 is 0 Å². The van der Waals surface area contributed by atoms with Gasteiger partial charge in [0.1, 0.15) is 0 Å². The minimum absolute atomic E-state index is 0.883. The van der Waals surface area contributed by atoms with Crippen LogP contribution < -0.4 is 0 Å². The van der Waals surface area contributed by atoms with Gasteiger partial charge in [0.2, 0.25) is 0 Å². The van der Waals surface area contributed by atoms with Crippen LogP contribution in [-0.2, 0) is 0 Å². The van der Waals surface area contributed by atoms with Crippen LogP contribution in [-0.4, -0.2) is 0 Å². The molecule has 1 aliphatic carbocycles. The van der Waals surface area contributed by atoms with E-state index in [0.717, 1.165) is 5.92 Å². The van der Waals surface area contributed by atoms with Crippen molar-refractivity contribution >= 4 is 0 Å². The van der Waals surface area contributed by atoms with Gasteiger partial charge in [0.15, 0.2) is 0 Å². The summed E-state index contributed by atoms with van der Waals surface area (Å²) >= 11 is 0.